The fourth-order valence-corrected chi connectivity index (χ4v) is 2.01. The predicted octanol–water partition coefficient (Wildman–Crippen LogP) is 2.80. The topological polar surface area (TPSA) is 72.0 Å². The number of carbonyl (C=O) groups excluding carboxylic acids is 1. The van der Waals surface area contributed by atoms with Crippen LogP contribution in [0.1, 0.15) is 12.5 Å². The fourth-order valence-electron chi connectivity index (χ4n) is 2.01. The number of benzene rings is 2. The van der Waals surface area contributed by atoms with Crippen LogP contribution in [0.25, 0.3) is 0 Å². The van der Waals surface area contributed by atoms with Crippen molar-refractivity contribution in [3.05, 3.63) is 53.8 Å². The van der Waals surface area contributed by atoms with Crippen molar-refractivity contribution in [3.63, 3.8) is 0 Å². The lowest BCUT2D eigenvalue weighted by atomic mass is 10.2. The third-order valence-electron chi connectivity index (χ3n) is 3.19. The number of hydrazone groups is 1. The molecular formula is C18H20FN3O3. The van der Waals surface area contributed by atoms with E-state index in [-0.39, 0.29) is 18.3 Å². The summed E-state index contributed by atoms with van der Waals surface area (Å²) in [5.41, 5.74) is 3.82. The molecule has 0 atom stereocenters. The molecule has 0 spiro atoms. The van der Waals surface area contributed by atoms with E-state index in [1.165, 1.54) is 18.3 Å². The maximum absolute atomic E-state index is 12.8. The smallest absolute Gasteiger partial charge is 0.259 e. The van der Waals surface area contributed by atoms with E-state index in [0.29, 0.717) is 23.8 Å². The number of rotatable bonds is 8. The molecule has 0 fully saturated rings. The summed E-state index contributed by atoms with van der Waals surface area (Å²) in [6.07, 6.45) is 1.51. The Bertz CT molecular complexity index is 733. The Kier molecular flexibility index (Phi) is 6.76. The second-order valence-electron chi connectivity index (χ2n) is 5.00. The molecule has 0 aliphatic rings. The number of hydrogen-bond acceptors (Lipinski definition) is 5. The molecule has 0 radical (unpaired) electrons. The maximum atomic E-state index is 12.8. The summed E-state index contributed by atoms with van der Waals surface area (Å²) < 4.78 is 23.5. The number of halogens is 1. The van der Waals surface area contributed by atoms with Gasteiger partial charge in [-0.3, -0.25) is 4.79 Å². The summed E-state index contributed by atoms with van der Waals surface area (Å²) >= 11 is 0. The van der Waals surface area contributed by atoms with Gasteiger partial charge in [-0.05, 0) is 55.0 Å². The summed E-state index contributed by atoms with van der Waals surface area (Å²) in [5, 5.41) is 6.78. The molecule has 6 nitrogen and oxygen atoms in total. The number of methoxy groups -OCH3 is 1. The van der Waals surface area contributed by atoms with Crippen molar-refractivity contribution in [2.24, 2.45) is 5.10 Å². The molecule has 0 aliphatic heterocycles. The number of nitrogens with one attached hydrogen (secondary N) is 2. The van der Waals surface area contributed by atoms with Crippen molar-refractivity contribution in [3.8, 4) is 11.5 Å². The first-order valence-electron chi connectivity index (χ1n) is 7.74. The lowest BCUT2D eigenvalue weighted by Crippen LogP contribution is -2.25. The molecule has 1 amide bonds. The van der Waals surface area contributed by atoms with Crippen LogP contribution in [0.3, 0.4) is 0 Å². The monoisotopic (exact) mass is 345 g/mol. The average molecular weight is 345 g/mol. The zero-order valence-corrected chi connectivity index (χ0v) is 14.1. The number of amides is 1. The van der Waals surface area contributed by atoms with Gasteiger partial charge >= 0.3 is 0 Å². The molecule has 25 heavy (non-hydrogen) atoms. The van der Waals surface area contributed by atoms with Crippen LogP contribution in [0, 0.1) is 5.82 Å². The van der Waals surface area contributed by atoms with Crippen molar-refractivity contribution in [2.75, 3.05) is 25.6 Å². The van der Waals surface area contributed by atoms with E-state index in [1.54, 1.807) is 37.4 Å². The summed E-state index contributed by atoms with van der Waals surface area (Å²) in [4.78, 5) is 11.7. The van der Waals surface area contributed by atoms with Gasteiger partial charge in [-0.15, -0.1) is 0 Å². The zero-order valence-electron chi connectivity index (χ0n) is 14.1. The molecule has 132 valence electrons. The number of nitrogens with zero attached hydrogens (tertiary/aromatic N) is 1. The molecule has 2 aromatic carbocycles. The summed E-state index contributed by atoms with van der Waals surface area (Å²) in [7, 11) is 1.57. The van der Waals surface area contributed by atoms with Gasteiger partial charge in [0.1, 0.15) is 5.82 Å². The fraction of sp³-hybridized carbons (Fsp3) is 0.222. The van der Waals surface area contributed by atoms with Crippen LogP contribution in [0.4, 0.5) is 10.1 Å². The highest BCUT2D eigenvalue weighted by molar-refractivity contribution is 5.84. The molecule has 0 saturated heterocycles. The molecule has 2 aromatic rings. The molecule has 0 aliphatic carbocycles. The van der Waals surface area contributed by atoms with Gasteiger partial charge in [0.2, 0.25) is 0 Å². The van der Waals surface area contributed by atoms with E-state index in [1.807, 2.05) is 6.92 Å². The Morgan fingerprint density at radius 2 is 1.96 bits per heavy atom. The van der Waals surface area contributed by atoms with Gasteiger partial charge in [-0.1, -0.05) is 0 Å². The van der Waals surface area contributed by atoms with Crippen molar-refractivity contribution in [1.29, 1.82) is 0 Å². The lowest BCUT2D eigenvalue weighted by Gasteiger charge is -2.09. The number of ether oxygens (including phenoxy) is 2. The van der Waals surface area contributed by atoms with Crippen LogP contribution in [0.5, 0.6) is 11.5 Å². The Hall–Kier alpha value is -3.09. The highest BCUT2D eigenvalue weighted by Crippen LogP contribution is 2.27. The van der Waals surface area contributed by atoms with E-state index in [4.69, 9.17) is 9.47 Å². The van der Waals surface area contributed by atoms with Crippen LogP contribution >= 0.6 is 0 Å². The van der Waals surface area contributed by atoms with Crippen LogP contribution in [0.15, 0.2) is 47.6 Å². The normalized spacial score (nSPS) is 10.5. The van der Waals surface area contributed by atoms with Gasteiger partial charge in [0.05, 0.1) is 26.5 Å². The highest BCUT2D eigenvalue weighted by Gasteiger charge is 2.04. The lowest BCUT2D eigenvalue weighted by molar-refractivity contribution is -0.119. The maximum Gasteiger partial charge on any atom is 0.259 e. The predicted molar refractivity (Wildman–Crippen MR) is 94.8 cm³/mol. The molecule has 0 aromatic heterocycles. The summed E-state index contributed by atoms with van der Waals surface area (Å²) in [6.45, 7) is 2.42. The van der Waals surface area contributed by atoms with Crippen molar-refractivity contribution in [1.82, 2.24) is 5.43 Å². The standard InChI is InChI=1S/C18H20FN3O3/c1-3-25-17-10-13(4-9-16(17)24-2)11-21-22-18(23)12-20-15-7-5-14(19)6-8-15/h4-11,20H,3,12H2,1-2H3,(H,22,23)/b21-11-. The van der Waals surface area contributed by atoms with E-state index >= 15 is 0 Å². The molecule has 2 rings (SSSR count). The van der Waals surface area contributed by atoms with Crippen molar-refractivity contribution >= 4 is 17.8 Å². The number of anilines is 1. The first-order chi connectivity index (χ1) is 12.1. The molecule has 0 bridgehead atoms. The molecule has 0 saturated carbocycles. The second-order valence-corrected chi connectivity index (χ2v) is 5.00. The quantitative estimate of drug-likeness (QED) is 0.570. The molecule has 0 heterocycles. The van der Waals surface area contributed by atoms with Gasteiger partial charge in [-0.2, -0.15) is 5.10 Å². The highest BCUT2D eigenvalue weighted by atomic mass is 19.1. The first kappa shape index (κ1) is 18.3. The second kappa shape index (κ2) is 9.27. The number of hydrogen-bond donors (Lipinski definition) is 2. The van der Waals surface area contributed by atoms with Gasteiger partial charge in [0.15, 0.2) is 11.5 Å². The number of carbonyl (C=O) groups is 1. The summed E-state index contributed by atoms with van der Waals surface area (Å²) in [5.74, 6) is 0.592. The Balaban J connectivity index is 1.86. The molecular weight excluding hydrogens is 325 g/mol. The summed E-state index contributed by atoms with van der Waals surface area (Å²) in [6, 6.07) is 11.1. The third kappa shape index (κ3) is 5.80. The average Bonchev–Trinajstić information content (AvgIpc) is 2.62. The van der Waals surface area contributed by atoms with Crippen molar-refractivity contribution in [2.45, 2.75) is 6.92 Å². The Morgan fingerprint density at radius 3 is 2.64 bits per heavy atom. The van der Waals surface area contributed by atoms with Crippen LogP contribution in [-0.4, -0.2) is 32.4 Å². The van der Waals surface area contributed by atoms with Crippen molar-refractivity contribution < 1.29 is 18.7 Å². The largest absolute Gasteiger partial charge is 0.493 e. The van der Waals surface area contributed by atoms with Gasteiger partial charge < -0.3 is 14.8 Å². The third-order valence-corrected chi connectivity index (χ3v) is 3.19. The molecule has 7 heteroatoms. The van der Waals surface area contributed by atoms with E-state index < -0.39 is 0 Å². The van der Waals surface area contributed by atoms with Gasteiger partial charge in [-0.25, -0.2) is 9.82 Å². The molecule has 0 unspecified atom stereocenters. The molecule has 2 N–H and O–H groups in total. The minimum Gasteiger partial charge on any atom is -0.493 e. The van der Waals surface area contributed by atoms with Crippen LogP contribution in [0.2, 0.25) is 0 Å². The SMILES string of the molecule is CCOc1cc(/C=N\NC(=O)CNc2ccc(F)cc2)ccc1OC. The zero-order chi connectivity index (χ0) is 18.1. The van der Waals surface area contributed by atoms with E-state index in [0.717, 1.165) is 5.56 Å². The Morgan fingerprint density at radius 1 is 1.20 bits per heavy atom. The van der Waals surface area contributed by atoms with E-state index in [2.05, 4.69) is 15.8 Å². The van der Waals surface area contributed by atoms with E-state index in [9.17, 15) is 9.18 Å². The van der Waals surface area contributed by atoms with Gasteiger partial charge in [0, 0.05) is 5.69 Å². The van der Waals surface area contributed by atoms with Gasteiger partial charge in [0.25, 0.3) is 5.91 Å². The van der Waals surface area contributed by atoms with Crippen LogP contribution in [-0.2, 0) is 4.79 Å². The van der Waals surface area contributed by atoms with Crippen LogP contribution < -0.4 is 20.2 Å². The Labute approximate surface area is 145 Å². The minimum absolute atomic E-state index is 0.0236. The first-order valence-corrected chi connectivity index (χ1v) is 7.74. The minimum atomic E-state index is -0.328.